The van der Waals surface area contributed by atoms with Gasteiger partial charge in [-0.1, -0.05) is 128 Å². The summed E-state index contributed by atoms with van der Waals surface area (Å²) in [5, 5.41) is -0.567. The first kappa shape index (κ1) is 56.6. The number of Topliss-reactive ketones (excluding diaryl/α,β-unsaturated/α-hetero) is 1. The standard InChI is InChI=1S/C57H66O18S/c1-34(58)26-27-44(61)72-52-48(66-30-40-22-14-8-15-23-40)49(51(54(62)67-31-41-24-16-9-17-25-41)75-56(52)73-47-43-33-68-57(71-43)53(76-5)50(47)69-37(4)60)74-55-35(2)45(64-28-38-18-10-6-11-19-38)46(42(70-55)32-63-36(3)59)65-29-39-20-12-7-13-21-39/h6-25,35,42-43,45-53,55-57H,26-33H2,1-5H3/t35?,42?,43?,45?,46-,47-,48?,49+,50?,51?,52?,53?,55-,56-,57-/m1/s1. The molecule has 4 heterocycles. The van der Waals surface area contributed by atoms with Gasteiger partial charge < -0.3 is 66.4 Å². The Bertz CT molecular complexity index is 2490. The van der Waals surface area contributed by atoms with Crippen LogP contribution in [0.25, 0.3) is 0 Å². The SMILES string of the molecule is CSC1C(OC(C)=O)[C@H](O[C@@H]2OC(C(=O)OCc3ccccc3)[C@@H](O[C@H]3OC(COC(C)=O)[C@@H](OCc4ccccc4)C(OCc4ccccc4)C3C)C(OCc3ccccc3)C2OC(=O)CCC(C)=O)C2CO[C@@H]1O2. The van der Waals surface area contributed by atoms with Crippen molar-refractivity contribution < 1.29 is 85.6 Å². The van der Waals surface area contributed by atoms with E-state index in [0.717, 1.165) is 11.1 Å². The number of fused-ring (bicyclic) bond motifs is 2. The maximum absolute atomic E-state index is 15.0. The molecule has 4 fully saturated rings. The number of hydrogen-bond donors (Lipinski definition) is 0. The average molecular weight is 1070 g/mol. The number of ether oxygens (including phenoxy) is 13. The zero-order valence-corrected chi connectivity index (χ0v) is 43.9. The molecular weight excluding hydrogens is 1000 g/mol. The van der Waals surface area contributed by atoms with Crippen LogP contribution in [0.2, 0.25) is 0 Å². The number of carbonyl (C=O) groups is 5. The van der Waals surface area contributed by atoms with Crippen molar-refractivity contribution in [1.29, 1.82) is 0 Å². The minimum atomic E-state index is -1.71. The number of carbonyl (C=O) groups excluding carboxylic acids is 5. The Morgan fingerprint density at radius 2 is 1.08 bits per heavy atom. The van der Waals surface area contributed by atoms with Crippen LogP contribution >= 0.6 is 11.8 Å². The van der Waals surface area contributed by atoms with E-state index >= 15 is 0 Å². The first-order valence-electron chi connectivity index (χ1n) is 25.4. The third-order valence-electron chi connectivity index (χ3n) is 13.3. The van der Waals surface area contributed by atoms with Crippen molar-refractivity contribution in [3.8, 4) is 0 Å². The van der Waals surface area contributed by atoms with Crippen molar-refractivity contribution in [3.63, 3.8) is 0 Å². The molecule has 0 amide bonds. The molecule has 4 saturated heterocycles. The highest BCUT2D eigenvalue weighted by Crippen LogP contribution is 2.42. The molecular formula is C57H66O18S. The van der Waals surface area contributed by atoms with E-state index in [2.05, 4.69) is 0 Å². The summed E-state index contributed by atoms with van der Waals surface area (Å²) in [6.07, 6.45) is -14.1. The predicted octanol–water partition coefficient (Wildman–Crippen LogP) is 6.60. The lowest BCUT2D eigenvalue weighted by Gasteiger charge is -2.50. The summed E-state index contributed by atoms with van der Waals surface area (Å²) in [5.41, 5.74) is 3.13. The van der Waals surface area contributed by atoms with Gasteiger partial charge in [-0.25, -0.2) is 4.79 Å². The number of thioether (sulfide) groups is 1. The number of benzene rings is 4. The van der Waals surface area contributed by atoms with Crippen molar-refractivity contribution >= 4 is 41.4 Å². The van der Waals surface area contributed by atoms with Crippen molar-refractivity contribution in [2.24, 2.45) is 5.92 Å². The second-order valence-corrected chi connectivity index (χ2v) is 20.0. The quantitative estimate of drug-likeness (QED) is 0.0535. The van der Waals surface area contributed by atoms with Crippen molar-refractivity contribution in [2.75, 3.05) is 19.5 Å². The van der Waals surface area contributed by atoms with Gasteiger partial charge in [0, 0.05) is 26.2 Å². The third-order valence-corrected chi connectivity index (χ3v) is 14.4. The molecule has 0 N–H and O–H groups in total. The molecule has 4 aromatic rings. The molecule has 0 aliphatic carbocycles. The van der Waals surface area contributed by atoms with E-state index in [1.165, 1.54) is 32.5 Å². The second kappa shape index (κ2) is 27.6. The molecule has 19 heteroatoms. The van der Waals surface area contributed by atoms with Crippen LogP contribution in [0.15, 0.2) is 121 Å². The zero-order valence-electron chi connectivity index (χ0n) is 43.1. The molecule has 18 nitrogen and oxygen atoms in total. The van der Waals surface area contributed by atoms with Crippen molar-refractivity contribution in [1.82, 2.24) is 0 Å². The van der Waals surface area contributed by atoms with Crippen LogP contribution in [0, 0.1) is 5.92 Å². The minimum Gasteiger partial charge on any atom is -0.463 e. The number of esters is 4. The van der Waals surface area contributed by atoms with Gasteiger partial charge in [0.15, 0.2) is 31.1 Å². The second-order valence-electron chi connectivity index (χ2n) is 19.0. The van der Waals surface area contributed by atoms with Gasteiger partial charge >= 0.3 is 23.9 Å². The summed E-state index contributed by atoms with van der Waals surface area (Å²) >= 11 is 1.34. The van der Waals surface area contributed by atoms with Gasteiger partial charge in [0.25, 0.3) is 0 Å². The van der Waals surface area contributed by atoms with Crippen LogP contribution in [0.1, 0.15) is 62.8 Å². The molecule has 0 saturated carbocycles. The summed E-state index contributed by atoms with van der Waals surface area (Å²) in [5.74, 6) is -3.84. The fraction of sp³-hybridized carbons (Fsp3) is 0.491. The first-order valence-corrected chi connectivity index (χ1v) is 26.7. The Morgan fingerprint density at radius 1 is 0.539 bits per heavy atom. The topological polar surface area (TPSA) is 205 Å². The molecule has 15 atom stereocenters. The Balaban J connectivity index is 1.21. The molecule has 408 valence electrons. The van der Waals surface area contributed by atoms with Crippen LogP contribution in [-0.2, 0) is 112 Å². The van der Waals surface area contributed by atoms with E-state index in [9.17, 15) is 24.0 Å². The molecule has 4 aromatic carbocycles. The molecule has 8 rings (SSSR count). The predicted molar refractivity (Wildman–Crippen MR) is 271 cm³/mol. The van der Waals surface area contributed by atoms with E-state index < -0.39 is 115 Å². The van der Waals surface area contributed by atoms with Crippen LogP contribution in [0.3, 0.4) is 0 Å². The normalized spacial score (nSPS) is 29.9. The highest BCUT2D eigenvalue weighted by atomic mass is 32.2. The van der Waals surface area contributed by atoms with Crippen LogP contribution < -0.4 is 0 Å². The zero-order chi connectivity index (χ0) is 53.6. The molecule has 2 bridgehead atoms. The molecule has 76 heavy (non-hydrogen) atoms. The van der Waals surface area contributed by atoms with Crippen LogP contribution in [-0.4, -0.2) is 134 Å². The lowest BCUT2D eigenvalue weighted by atomic mass is 9.91. The Hall–Kier alpha value is -5.58. The van der Waals surface area contributed by atoms with Crippen molar-refractivity contribution in [2.45, 2.75) is 152 Å². The van der Waals surface area contributed by atoms with E-state index in [-0.39, 0.29) is 58.3 Å². The highest BCUT2D eigenvalue weighted by Gasteiger charge is 2.60. The summed E-state index contributed by atoms with van der Waals surface area (Å²) in [7, 11) is 0. The smallest absolute Gasteiger partial charge is 0.338 e. The van der Waals surface area contributed by atoms with E-state index in [1.54, 1.807) is 24.3 Å². The first-order chi connectivity index (χ1) is 36.8. The number of rotatable bonds is 24. The van der Waals surface area contributed by atoms with Gasteiger partial charge in [0.2, 0.25) is 0 Å². The fourth-order valence-electron chi connectivity index (χ4n) is 9.54. The van der Waals surface area contributed by atoms with Gasteiger partial charge in [-0.15, -0.1) is 0 Å². The average Bonchev–Trinajstić information content (AvgIpc) is 3.90. The largest absolute Gasteiger partial charge is 0.463 e. The van der Waals surface area contributed by atoms with Crippen molar-refractivity contribution in [3.05, 3.63) is 144 Å². The minimum absolute atomic E-state index is 0.0527. The summed E-state index contributed by atoms with van der Waals surface area (Å²) in [6, 6.07) is 37.3. The molecule has 0 spiro atoms. The highest BCUT2D eigenvalue weighted by molar-refractivity contribution is 7.99. The Morgan fingerprint density at radius 3 is 1.62 bits per heavy atom. The number of hydrogen-bond acceptors (Lipinski definition) is 19. The van der Waals surface area contributed by atoms with Gasteiger partial charge in [-0.05, 0) is 35.4 Å². The number of ketones is 1. The summed E-state index contributed by atoms with van der Waals surface area (Å²) < 4.78 is 83.9. The molecule has 4 aliphatic heterocycles. The summed E-state index contributed by atoms with van der Waals surface area (Å²) in [6.45, 7) is 5.57. The molecule has 9 unspecified atom stereocenters. The lowest BCUT2D eigenvalue weighted by Crippen LogP contribution is -2.67. The Labute approximate surface area is 446 Å². The summed E-state index contributed by atoms with van der Waals surface area (Å²) in [4.78, 5) is 66.5. The van der Waals surface area contributed by atoms with E-state index in [4.69, 9.17) is 61.6 Å². The van der Waals surface area contributed by atoms with Gasteiger partial charge in [0.05, 0.1) is 44.2 Å². The van der Waals surface area contributed by atoms with Gasteiger partial charge in [-0.3, -0.25) is 14.4 Å². The lowest BCUT2D eigenvalue weighted by molar-refractivity contribution is -0.366. The monoisotopic (exact) mass is 1070 g/mol. The molecule has 0 radical (unpaired) electrons. The van der Waals surface area contributed by atoms with E-state index in [0.29, 0.717) is 11.1 Å². The molecule has 4 aliphatic rings. The van der Waals surface area contributed by atoms with E-state index in [1.807, 2.05) is 110 Å². The third kappa shape index (κ3) is 15.1. The van der Waals surface area contributed by atoms with Crippen LogP contribution in [0.5, 0.6) is 0 Å². The fourth-order valence-corrected chi connectivity index (χ4v) is 10.4. The maximum atomic E-state index is 15.0. The molecule has 0 aromatic heterocycles. The van der Waals surface area contributed by atoms with Gasteiger partial charge in [0.1, 0.15) is 61.7 Å². The maximum Gasteiger partial charge on any atom is 0.338 e. The van der Waals surface area contributed by atoms with Gasteiger partial charge in [-0.2, -0.15) is 11.8 Å². The van der Waals surface area contributed by atoms with Crippen LogP contribution in [0.4, 0.5) is 0 Å². The Kier molecular flexibility index (Phi) is 20.6.